The zero-order valence-electron chi connectivity index (χ0n) is 26.5. The van der Waals surface area contributed by atoms with Crippen LogP contribution in [0.5, 0.6) is 0 Å². The van der Waals surface area contributed by atoms with Crippen molar-refractivity contribution in [2.45, 2.75) is 194 Å². The van der Waals surface area contributed by atoms with Gasteiger partial charge in [0.05, 0.1) is 0 Å². The summed E-state index contributed by atoms with van der Waals surface area (Å²) in [6.45, 7) is 7.11. The van der Waals surface area contributed by atoms with Crippen molar-refractivity contribution in [1.29, 1.82) is 0 Å². The largest absolute Gasteiger partial charge is 0.287 e. The molecule has 0 bridgehead atoms. The minimum absolute atomic E-state index is 1.26. The van der Waals surface area contributed by atoms with Gasteiger partial charge in [-0.3, -0.25) is 4.67 Å². The third kappa shape index (κ3) is 33.9. The molecule has 0 rings (SSSR count). The topological polar surface area (TPSA) is 3.24 Å². The predicted molar refractivity (Wildman–Crippen MR) is 180 cm³/mol. The highest BCUT2D eigenvalue weighted by atomic mass is 31.0. The zero-order chi connectivity index (χ0) is 27.6. The molecule has 38 heavy (non-hydrogen) atoms. The average Bonchev–Trinajstić information content (AvgIpc) is 2.92. The Morgan fingerprint density at radius 2 is 0.579 bits per heavy atom. The van der Waals surface area contributed by atoms with Gasteiger partial charge in [-0.05, 0) is 64.2 Å². The Labute approximate surface area is 244 Å². The normalized spacial score (nSPS) is 12.1. The molecule has 0 radical (unpaired) electrons. The van der Waals surface area contributed by atoms with Crippen molar-refractivity contribution < 1.29 is 0 Å². The van der Waals surface area contributed by atoms with Crippen LogP contribution in [0.4, 0.5) is 0 Å². The van der Waals surface area contributed by atoms with Gasteiger partial charge >= 0.3 is 0 Å². The molecule has 0 N–H and O–H groups in total. The second-order valence-electron chi connectivity index (χ2n) is 11.9. The Balaban J connectivity index is 3.22. The minimum atomic E-state index is 1.26. The second kappa shape index (κ2) is 34.9. The second-order valence-corrected chi connectivity index (χ2v) is 12.6. The van der Waals surface area contributed by atoms with Crippen LogP contribution in [0.2, 0.25) is 0 Å². The molecule has 0 aromatic carbocycles. The van der Waals surface area contributed by atoms with Crippen molar-refractivity contribution in [2.75, 3.05) is 13.1 Å². The first-order chi connectivity index (χ1) is 18.8. The highest BCUT2D eigenvalue weighted by molar-refractivity contribution is 7.13. The van der Waals surface area contributed by atoms with E-state index in [1.165, 1.54) is 193 Å². The van der Waals surface area contributed by atoms with Gasteiger partial charge in [-0.15, -0.1) is 0 Å². The molecule has 0 saturated heterocycles. The molecule has 0 aromatic rings. The lowest BCUT2D eigenvalue weighted by Gasteiger charge is -2.15. The molecule has 0 aliphatic heterocycles. The van der Waals surface area contributed by atoms with Gasteiger partial charge in [-0.1, -0.05) is 163 Å². The standard InChI is InChI=1S/C36H72NP/c1-3-5-7-9-11-13-15-17-19-21-23-25-27-29-31-33-35-37(38)36-34-32-30-28-26-24-22-20-18-16-14-12-10-8-6-4-2/h17-20H,3-16,21-36,38H2,1-2H3/b19-17-,20-18-. The number of allylic oxidation sites excluding steroid dienone is 4. The van der Waals surface area contributed by atoms with Gasteiger partial charge in [0.25, 0.3) is 0 Å². The van der Waals surface area contributed by atoms with E-state index in [0.717, 1.165) is 0 Å². The molecule has 226 valence electrons. The maximum atomic E-state index is 2.98. The third-order valence-electron chi connectivity index (χ3n) is 7.91. The molecule has 0 amide bonds. The van der Waals surface area contributed by atoms with E-state index in [4.69, 9.17) is 0 Å². The van der Waals surface area contributed by atoms with Crippen molar-refractivity contribution in [3.05, 3.63) is 24.3 Å². The van der Waals surface area contributed by atoms with E-state index in [1.807, 2.05) is 0 Å². The summed E-state index contributed by atoms with van der Waals surface area (Å²) in [5, 5.41) is 0. The molecular weight excluding hydrogens is 477 g/mol. The summed E-state index contributed by atoms with van der Waals surface area (Å²) in [5.41, 5.74) is 0. The average molecular weight is 550 g/mol. The first kappa shape index (κ1) is 37.9. The summed E-state index contributed by atoms with van der Waals surface area (Å²) in [6, 6.07) is 0. The van der Waals surface area contributed by atoms with Crippen molar-refractivity contribution >= 4 is 9.39 Å². The fourth-order valence-electron chi connectivity index (χ4n) is 5.24. The predicted octanol–water partition coefficient (Wildman–Crippen LogP) is 13.2. The van der Waals surface area contributed by atoms with Crippen LogP contribution >= 0.6 is 9.39 Å². The molecule has 0 spiro atoms. The Morgan fingerprint density at radius 3 is 0.868 bits per heavy atom. The van der Waals surface area contributed by atoms with Crippen LogP contribution in [0.15, 0.2) is 24.3 Å². The fourth-order valence-corrected chi connectivity index (χ4v) is 5.60. The highest BCUT2D eigenvalue weighted by Gasteiger charge is 1.99. The highest BCUT2D eigenvalue weighted by Crippen LogP contribution is 2.13. The Morgan fingerprint density at radius 1 is 0.342 bits per heavy atom. The molecule has 0 saturated carbocycles. The lowest BCUT2D eigenvalue weighted by molar-refractivity contribution is 0.423. The van der Waals surface area contributed by atoms with Gasteiger partial charge in [0.1, 0.15) is 0 Å². The van der Waals surface area contributed by atoms with E-state index in [1.54, 1.807) is 0 Å². The summed E-state index contributed by atoms with van der Waals surface area (Å²) in [4.78, 5) is 0. The zero-order valence-corrected chi connectivity index (χ0v) is 27.7. The smallest absolute Gasteiger partial charge is 0.00161 e. The number of nitrogens with zero attached hydrogens (tertiary/aromatic N) is 1. The maximum absolute atomic E-state index is 2.98. The number of hydrogen-bond acceptors (Lipinski definition) is 1. The molecule has 0 heterocycles. The van der Waals surface area contributed by atoms with E-state index in [2.05, 4.69) is 52.2 Å². The molecule has 0 aromatic heterocycles. The van der Waals surface area contributed by atoms with Crippen LogP contribution in [0.25, 0.3) is 0 Å². The monoisotopic (exact) mass is 550 g/mol. The van der Waals surface area contributed by atoms with Crippen molar-refractivity contribution in [3.8, 4) is 0 Å². The fraction of sp³-hybridized carbons (Fsp3) is 0.889. The summed E-state index contributed by atoms with van der Waals surface area (Å²) in [7, 11) is 2.98. The first-order valence-corrected chi connectivity index (χ1v) is 18.1. The van der Waals surface area contributed by atoms with Crippen molar-refractivity contribution in [1.82, 2.24) is 4.67 Å². The third-order valence-corrected chi connectivity index (χ3v) is 8.43. The van der Waals surface area contributed by atoms with Crippen LogP contribution < -0.4 is 0 Å². The first-order valence-electron chi connectivity index (χ1n) is 17.6. The summed E-state index contributed by atoms with van der Waals surface area (Å²) < 4.78 is 2.49. The van der Waals surface area contributed by atoms with Gasteiger partial charge in [-0.25, -0.2) is 0 Å². The molecular formula is C36H72NP. The molecule has 1 unspecified atom stereocenters. The quantitative estimate of drug-likeness (QED) is 0.0458. The molecule has 0 aliphatic carbocycles. The molecule has 0 fully saturated rings. The lowest BCUT2D eigenvalue weighted by atomic mass is 10.1. The van der Waals surface area contributed by atoms with E-state index in [9.17, 15) is 0 Å². The van der Waals surface area contributed by atoms with Crippen LogP contribution in [-0.4, -0.2) is 17.8 Å². The van der Waals surface area contributed by atoms with E-state index in [-0.39, 0.29) is 0 Å². The van der Waals surface area contributed by atoms with Gasteiger partial charge < -0.3 is 0 Å². The Bertz CT molecular complexity index is 430. The van der Waals surface area contributed by atoms with Gasteiger partial charge in [-0.2, -0.15) is 0 Å². The van der Waals surface area contributed by atoms with Crippen LogP contribution in [0.3, 0.4) is 0 Å². The van der Waals surface area contributed by atoms with Crippen molar-refractivity contribution in [3.63, 3.8) is 0 Å². The number of hydrogen-bond donors (Lipinski definition) is 0. The molecule has 1 atom stereocenters. The van der Waals surface area contributed by atoms with Crippen molar-refractivity contribution in [2.24, 2.45) is 0 Å². The number of unbranched alkanes of at least 4 members (excludes halogenated alkanes) is 24. The van der Waals surface area contributed by atoms with Crippen LogP contribution in [0, 0.1) is 0 Å². The van der Waals surface area contributed by atoms with Crippen LogP contribution in [-0.2, 0) is 0 Å². The number of rotatable bonds is 32. The lowest BCUT2D eigenvalue weighted by Crippen LogP contribution is -2.14. The molecule has 1 nitrogen and oxygen atoms in total. The van der Waals surface area contributed by atoms with Crippen LogP contribution in [0.1, 0.15) is 194 Å². The van der Waals surface area contributed by atoms with Gasteiger partial charge in [0, 0.05) is 13.1 Å². The maximum Gasteiger partial charge on any atom is 0.00161 e. The summed E-state index contributed by atoms with van der Waals surface area (Å²) >= 11 is 0. The Kier molecular flexibility index (Phi) is 34.8. The van der Waals surface area contributed by atoms with Gasteiger partial charge in [0.15, 0.2) is 0 Å². The Hall–Kier alpha value is -0.130. The molecule has 2 heteroatoms. The van der Waals surface area contributed by atoms with Gasteiger partial charge in [0.2, 0.25) is 0 Å². The summed E-state index contributed by atoms with van der Waals surface area (Å²) in [6.07, 6.45) is 48.8. The van der Waals surface area contributed by atoms with E-state index in [0.29, 0.717) is 0 Å². The van der Waals surface area contributed by atoms with E-state index < -0.39 is 0 Å². The van der Waals surface area contributed by atoms with E-state index >= 15 is 0 Å². The minimum Gasteiger partial charge on any atom is -0.287 e. The molecule has 0 aliphatic rings. The SMILES string of the molecule is CCCCCCCC/C=C\CCCCCCCCN(P)CCCCCCCC/C=C\CCCCCCCC. The summed E-state index contributed by atoms with van der Waals surface area (Å²) in [5.74, 6) is 0.